The summed E-state index contributed by atoms with van der Waals surface area (Å²) in [6.07, 6.45) is -0.534. The molecule has 6 heteroatoms. The van der Waals surface area contributed by atoms with Crippen LogP contribution in [0, 0.1) is 13.8 Å². The number of anilines is 1. The number of hydrogen-bond acceptors (Lipinski definition) is 3. The summed E-state index contributed by atoms with van der Waals surface area (Å²) in [7, 11) is 0. The van der Waals surface area contributed by atoms with Crippen molar-refractivity contribution in [1.29, 1.82) is 0 Å². The van der Waals surface area contributed by atoms with Crippen LogP contribution in [0.5, 0.6) is 0 Å². The Kier molecular flexibility index (Phi) is 4.61. The Morgan fingerprint density at radius 2 is 1.94 bits per heavy atom. The van der Waals surface area contributed by atoms with Crippen LogP contribution in [0.15, 0.2) is 4.60 Å². The molecular weight excluding hydrogens is 320 g/mol. The third kappa shape index (κ3) is 3.85. The molecule has 100 valence electrons. The first kappa shape index (κ1) is 15.2. The van der Waals surface area contributed by atoms with Gasteiger partial charge >= 0.3 is 6.09 Å². The van der Waals surface area contributed by atoms with Crippen LogP contribution in [-0.4, -0.2) is 16.7 Å². The van der Waals surface area contributed by atoms with E-state index in [0.717, 1.165) is 5.56 Å². The van der Waals surface area contributed by atoms with Crippen LogP contribution in [0.2, 0.25) is 5.02 Å². The molecule has 0 saturated carbocycles. The van der Waals surface area contributed by atoms with E-state index in [1.807, 2.05) is 6.92 Å². The average molecular weight is 336 g/mol. The van der Waals surface area contributed by atoms with Crippen LogP contribution in [0.25, 0.3) is 0 Å². The Morgan fingerprint density at radius 1 is 1.39 bits per heavy atom. The molecule has 1 aromatic rings. The van der Waals surface area contributed by atoms with Gasteiger partial charge in [-0.25, -0.2) is 9.78 Å². The topological polar surface area (TPSA) is 51.2 Å². The quantitative estimate of drug-likeness (QED) is 0.771. The second-order valence-electron chi connectivity index (χ2n) is 4.93. The molecule has 0 bridgehead atoms. The van der Waals surface area contributed by atoms with Gasteiger partial charge in [0.25, 0.3) is 0 Å². The highest BCUT2D eigenvalue weighted by atomic mass is 79.9. The number of hydrogen-bond donors (Lipinski definition) is 1. The number of aryl methyl sites for hydroxylation is 1. The maximum absolute atomic E-state index is 11.7. The average Bonchev–Trinajstić information content (AvgIpc) is 2.19. The zero-order valence-corrected chi connectivity index (χ0v) is 13.4. The standard InChI is InChI=1S/C12H16BrClN2O2/c1-6-8(14)7(2)15-10(13)9(6)16-11(17)18-12(3,4)5/h1-5H3,(H,16,17). The SMILES string of the molecule is Cc1nc(Br)c(NC(=O)OC(C)(C)C)c(C)c1Cl. The van der Waals surface area contributed by atoms with Crippen LogP contribution >= 0.6 is 27.5 Å². The van der Waals surface area contributed by atoms with Crippen molar-refractivity contribution in [2.45, 2.75) is 40.2 Å². The molecule has 0 aliphatic rings. The fraction of sp³-hybridized carbons (Fsp3) is 0.500. The first-order valence-electron chi connectivity index (χ1n) is 5.44. The summed E-state index contributed by atoms with van der Waals surface area (Å²) in [6.45, 7) is 9.02. The largest absolute Gasteiger partial charge is 0.444 e. The summed E-state index contributed by atoms with van der Waals surface area (Å²) in [6, 6.07) is 0. The van der Waals surface area contributed by atoms with Crippen molar-refractivity contribution in [3.8, 4) is 0 Å². The molecule has 0 atom stereocenters. The van der Waals surface area contributed by atoms with Crippen molar-refractivity contribution in [3.05, 3.63) is 20.9 Å². The number of aromatic nitrogens is 1. The van der Waals surface area contributed by atoms with E-state index in [4.69, 9.17) is 16.3 Å². The number of pyridine rings is 1. The van der Waals surface area contributed by atoms with Crippen LogP contribution in [-0.2, 0) is 4.74 Å². The van der Waals surface area contributed by atoms with Crippen LogP contribution < -0.4 is 5.32 Å². The van der Waals surface area contributed by atoms with E-state index < -0.39 is 11.7 Å². The molecule has 1 heterocycles. The van der Waals surface area contributed by atoms with Crippen molar-refractivity contribution in [3.63, 3.8) is 0 Å². The van der Waals surface area contributed by atoms with Gasteiger partial charge in [0.2, 0.25) is 0 Å². The van der Waals surface area contributed by atoms with Gasteiger partial charge in [-0.2, -0.15) is 0 Å². The number of amides is 1. The number of nitrogens with zero attached hydrogens (tertiary/aromatic N) is 1. The van der Waals surface area contributed by atoms with Gasteiger partial charge in [-0.05, 0) is 56.1 Å². The number of nitrogens with one attached hydrogen (secondary N) is 1. The van der Waals surface area contributed by atoms with Crippen molar-refractivity contribution in [1.82, 2.24) is 4.98 Å². The van der Waals surface area contributed by atoms with E-state index >= 15 is 0 Å². The molecule has 1 N–H and O–H groups in total. The number of halogens is 2. The van der Waals surface area contributed by atoms with Gasteiger partial charge in [-0.1, -0.05) is 11.6 Å². The van der Waals surface area contributed by atoms with E-state index in [2.05, 4.69) is 26.2 Å². The van der Waals surface area contributed by atoms with Crippen LogP contribution in [0.4, 0.5) is 10.5 Å². The second kappa shape index (κ2) is 5.45. The van der Waals surface area contributed by atoms with E-state index in [9.17, 15) is 4.79 Å². The third-order valence-corrected chi connectivity index (χ3v) is 3.25. The molecule has 0 radical (unpaired) electrons. The molecule has 0 aromatic carbocycles. The predicted octanol–water partition coefficient (Wildman–Crippen LogP) is 4.46. The van der Waals surface area contributed by atoms with E-state index in [0.29, 0.717) is 21.0 Å². The first-order chi connectivity index (χ1) is 8.11. The molecule has 0 fully saturated rings. The predicted molar refractivity (Wildman–Crippen MR) is 76.3 cm³/mol. The lowest BCUT2D eigenvalue weighted by atomic mass is 10.2. The molecule has 0 unspecified atom stereocenters. The van der Waals surface area contributed by atoms with Crippen molar-refractivity contribution < 1.29 is 9.53 Å². The van der Waals surface area contributed by atoms with E-state index in [1.54, 1.807) is 27.7 Å². The number of rotatable bonds is 1. The minimum absolute atomic E-state index is 0.528. The maximum Gasteiger partial charge on any atom is 0.412 e. The fourth-order valence-corrected chi connectivity index (χ4v) is 2.14. The smallest absolute Gasteiger partial charge is 0.412 e. The lowest BCUT2D eigenvalue weighted by Gasteiger charge is -2.20. The highest BCUT2D eigenvalue weighted by molar-refractivity contribution is 9.10. The monoisotopic (exact) mass is 334 g/mol. The summed E-state index contributed by atoms with van der Waals surface area (Å²) in [5.74, 6) is 0. The summed E-state index contributed by atoms with van der Waals surface area (Å²) < 4.78 is 5.71. The Labute approximate surface area is 120 Å². The summed E-state index contributed by atoms with van der Waals surface area (Å²) >= 11 is 9.40. The van der Waals surface area contributed by atoms with Gasteiger partial charge in [0.15, 0.2) is 0 Å². The minimum Gasteiger partial charge on any atom is -0.444 e. The lowest BCUT2D eigenvalue weighted by molar-refractivity contribution is 0.0635. The number of carbonyl (C=O) groups excluding carboxylic acids is 1. The number of carbonyl (C=O) groups is 1. The molecule has 0 spiro atoms. The van der Waals surface area contributed by atoms with Gasteiger partial charge in [0, 0.05) is 0 Å². The van der Waals surface area contributed by atoms with Crippen molar-refractivity contribution in [2.24, 2.45) is 0 Å². The van der Waals surface area contributed by atoms with Crippen molar-refractivity contribution in [2.75, 3.05) is 5.32 Å². The Balaban J connectivity index is 2.99. The zero-order chi connectivity index (χ0) is 14.1. The minimum atomic E-state index is -0.549. The molecule has 1 aromatic heterocycles. The fourth-order valence-electron chi connectivity index (χ4n) is 1.34. The van der Waals surface area contributed by atoms with Crippen molar-refractivity contribution >= 4 is 39.3 Å². The van der Waals surface area contributed by atoms with Gasteiger partial charge in [0.05, 0.1) is 16.4 Å². The molecule has 18 heavy (non-hydrogen) atoms. The Morgan fingerprint density at radius 3 is 2.44 bits per heavy atom. The van der Waals surface area contributed by atoms with Gasteiger partial charge in [0.1, 0.15) is 10.2 Å². The van der Waals surface area contributed by atoms with E-state index in [-0.39, 0.29) is 0 Å². The third-order valence-electron chi connectivity index (χ3n) is 2.12. The molecule has 0 saturated heterocycles. The Hall–Kier alpha value is -0.810. The summed E-state index contributed by atoms with van der Waals surface area (Å²) in [5.41, 5.74) is 1.43. The first-order valence-corrected chi connectivity index (χ1v) is 6.61. The van der Waals surface area contributed by atoms with Gasteiger partial charge < -0.3 is 4.74 Å². The van der Waals surface area contributed by atoms with Crippen LogP contribution in [0.1, 0.15) is 32.0 Å². The number of ether oxygens (including phenoxy) is 1. The van der Waals surface area contributed by atoms with Gasteiger partial charge in [-0.15, -0.1) is 0 Å². The van der Waals surface area contributed by atoms with E-state index in [1.165, 1.54) is 0 Å². The zero-order valence-electron chi connectivity index (χ0n) is 11.0. The van der Waals surface area contributed by atoms with Crippen LogP contribution in [0.3, 0.4) is 0 Å². The highest BCUT2D eigenvalue weighted by Gasteiger charge is 2.19. The molecule has 1 amide bonds. The second-order valence-corrected chi connectivity index (χ2v) is 6.06. The molecule has 4 nitrogen and oxygen atoms in total. The molecular formula is C12H16BrClN2O2. The normalized spacial score (nSPS) is 11.3. The van der Waals surface area contributed by atoms with Gasteiger partial charge in [-0.3, -0.25) is 5.32 Å². The molecule has 0 aliphatic heterocycles. The lowest BCUT2D eigenvalue weighted by Crippen LogP contribution is -2.27. The highest BCUT2D eigenvalue weighted by Crippen LogP contribution is 2.32. The molecule has 0 aliphatic carbocycles. The maximum atomic E-state index is 11.7. The molecule has 1 rings (SSSR count). The Bertz CT molecular complexity index is 484. The summed E-state index contributed by atoms with van der Waals surface area (Å²) in [4.78, 5) is 15.9. The summed E-state index contributed by atoms with van der Waals surface area (Å²) in [5, 5.41) is 3.18.